The van der Waals surface area contributed by atoms with E-state index in [1.165, 1.54) is 18.6 Å². The van der Waals surface area contributed by atoms with Gasteiger partial charge in [0.15, 0.2) is 5.03 Å². The third-order valence-electron chi connectivity index (χ3n) is 7.36. The molecule has 0 aliphatic carbocycles. The zero-order valence-electron chi connectivity index (χ0n) is 25.2. The number of imidazole rings is 1. The number of carbonyl (C=O) groups is 1. The van der Waals surface area contributed by atoms with Crippen LogP contribution in [0.3, 0.4) is 0 Å². The molecule has 4 atom stereocenters. The fourth-order valence-corrected chi connectivity index (χ4v) is 6.00. The molecule has 0 spiro atoms. The van der Waals surface area contributed by atoms with Crippen molar-refractivity contribution in [3.05, 3.63) is 36.3 Å². The van der Waals surface area contributed by atoms with Crippen LogP contribution in [0.5, 0.6) is 5.75 Å². The Bertz CT molecular complexity index is 1240. The number of nitrogens with one attached hydrogen (secondary N) is 1. The van der Waals surface area contributed by atoms with Gasteiger partial charge in [0.1, 0.15) is 5.75 Å². The number of aromatic nitrogens is 2. The Kier molecular flexibility index (Phi) is 12.0. The minimum absolute atomic E-state index is 0.0238. The molecule has 230 valence electrons. The number of hydrogen-bond acceptors (Lipinski definition) is 8. The minimum Gasteiger partial charge on any atom is -0.490 e. The summed E-state index contributed by atoms with van der Waals surface area (Å²) in [7, 11) is -0.211. The van der Waals surface area contributed by atoms with Gasteiger partial charge in [-0.1, -0.05) is 13.8 Å². The zero-order valence-corrected chi connectivity index (χ0v) is 26.1. The fraction of sp³-hybridized carbons (Fsp3) is 0.655. The molecule has 1 aliphatic heterocycles. The Morgan fingerprint density at radius 3 is 2.68 bits per heavy atom. The molecule has 0 radical (unpaired) electrons. The molecule has 1 amide bonds. The van der Waals surface area contributed by atoms with E-state index in [1.54, 1.807) is 35.6 Å². The molecule has 2 aromatic rings. The highest BCUT2D eigenvalue weighted by Gasteiger charge is 2.30. The number of aryl methyl sites for hydroxylation is 1. The Morgan fingerprint density at radius 1 is 1.27 bits per heavy atom. The third kappa shape index (κ3) is 9.16. The molecule has 0 unspecified atom stereocenters. The van der Waals surface area contributed by atoms with Gasteiger partial charge in [0.25, 0.3) is 15.9 Å². The number of aliphatic hydroxyl groups excluding tert-OH is 1. The van der Waals surface area contributed by atoms with Gasteiger partial charge < -0.3 is 28.9 Å². The van der Waals surface area contributed by atoms with Crippen molar-refractivity contribution in [2.45, 2.75) is 76.7 Å². The summed E-state index contributed by atoms with van der Waals surface area (Å²) in [4.78, 5) is 22.0. The molecule has 0 saturated heterocycles. The van der Waals surface area contributed by atoms with E-state index in [2.05, 4.69) is 35.5 Å². The lowest BCUT2D eigenvalue weighted by molar-refractivity contribution is -0.0167. The summed E-state index contributed by atoms with van der Waals surface area (Å²) < 4.78 is 42.6. The lowest BCUT2D eigenvalue weighted by Gasteiger charge is -2.35. The van der Waals surface area contributed by atoms with Gasteiger partial charge in [-0.25, -0.2) is 4.98 Å². The predicted molar refractivity (Wildman–Crippen MR) is 159 cm³/mol. The number of fused-ring (bicyclic) bond motifs is 1. The van der Waals surface area contributed by atoms with E-state index in [1.807, 2.05) is 6.92 Å². The van der Waals surface area contributed by atoms with Crippen molar-refractivity contribution in [2.75, 3.05) is 44.6 Å². The van der Waals surface area contributed by atoms with Crippen LogP contribution in [0.1, 0.15) is 63.7 Å². The first kappa shape index (κ1) is 32.8. The summed E-state index contributed by atoms with van der Waals surface area (Å²) in [5.41, 5.74) is 0.440. The van der Waals surface area contributed by atoms with Crippen LogP contribution in [0.25, 0.3) is 0 Å². The highest BCUT2D eigenvalue weighted by Crippen LogP contribution is 2.29. The number of rotatable bonds is 9. The van der Waals surface area contributed by atoms with Gasteiger partial charge in [-0.15, -0.1) is 0 Å². The summed E-state index contributed by atoms with van der Waals surface area (Å²) in [5.74, 6) is 0.000140. The lowest BCUT2D eigenvalue weighted by Crippen LogP contribution is -2.47. The van der Waals surface area contributed by atoms with Crippen molar-refractivity contribution in [3.63, 3.8) is 0 Å². The molecule has 41 heavy (non-hydrogen) atoms. The summed E-state index contributed by atoms with van der Waals surface area (Å²) >= 11 is 0. The smallest absolute Gasteiger partial charge is 0.280 e. The first-order chi connectivity index (χ1) is 19.4. The molecule has 2 N–H and O–H groups in total. The second kappa shape index (κ2) is 15.0. The Hall–Kier alpha value is -2.67. The second-order valence-corrected chi connectivity index (χ2v) is 12.9. The van der Waals surface area contributed by atoms with Gasteiger partial charge in [0, 0.05) is 44.5 Å². The molecule has 12 heteroatoms. The number of hydrogen-bond donors (Lipinski definition) is 2. The molecule has 2 heterocycles. The van der Waals surface area contributed by atoms with Gasteiger partial charge >= 0.3 is 0 Å². The van der Waals surface area contributed by atoms with Gasteiger partial charge in [-0.05, 0) is 71.3 Å². The Balaban J connectivity index is 2.00. The predicted octanol–water partition coefficient (Wildman–Crippen LogP) is 3.36. The molecule has 11 nitrogen and oxygen atoms in total. The van der Waals surface area contributed by atoms with Crippen LogP contribution in [-0.2, 0) is 21.8 Å². The highest BCUT2D eigenvalue weighted by molar-refractivity contribution is 7.92. The van der Waals surface area contributed by atoms with Crippen molar-refractivity contribution in [3.8, 4) is 5.75 Å². The number of amides is 1. The summed E-state index contributed by atoms with van der Waals surface area (Å²) in [5, 5.41) is 9.98. The van der Waals surface area contributed by atoms with E-state index in [0.29, 0.717) is 18.9 Å². The zero-order chi connectivity index (χ0) is 30.2. The van der Waals surface area contributed by atoms with Crippen LogP contribution in [0.15, 0.2) is 35.7 Å². The molecule has 0 fully saturated rings. The largest absolute Gasteiger partial charge is 0.490 e. The van der Waals surface area contributed by atoms with Crippen LogP contribution in [0.4, 0.5) is 5.69 Å². The summed E-state index contributed by atoms with van der Waals surface area (Å²) in [6, 6.07) is 4.23. The maximum absolute atomic E-state index is 14.2. The van der Waals surface area contributed by atoms with Crippen molar-refractivity contribution in [1.29, 1.82) is 0 Å². The Morgan fingerprint density at radius 2 is 2.02 bits per heavy atom. The first-order valence-corrected chi connectivity index (χ1v) is 16.0. The minimum atomic E-state index is -3.97. The number of aliphatic hydroxyl groups is 1. The van der Waals surface area contributed by atoms with Crippen LogP contribution >= 0.6 is 0 Å². The quantitative estimate of drug-likeness (QED) is 0.453. The second-order valence-electron chi connectivity index (χ2n) is 11.3. The number of nitrogens with zero attached hydrogens (tertiary/aromatic N) is 4. The van der Waals surface area contributed by atoms with Crippen molar-refractivity contribution >= 4 is 21.6 Å². The topological polar surface area (TPSA) is 126 Å². The summed E-state index contributed by atoms with van der Waals surface area (Å²) in [6.45, 7) is 10.4. The van der Waals surface area contributed by atoms with Crippen molar-refractivity contribution in [1.82, 2.24) is 19.4 Å². The van der Waals surface area contributed by atoms with Gasteiger partial charge in [-0.2, -0.15) is 8.42 Å². The Labute approximate surface area is 244 Å². The summed E-state index contributed by atoms with van der Waals surface area (Å²) in [6.07, 6.45) is 6.15. The van der Waals surface area contributed by atoms with Gasteiger partial charge in [0.05, 0.1) is 36.7 Å². The van der Waals surface area contributed by atoms with Crippen LogP contribution in [0, 0.1) is 5.92 Å². The molecule has 1 aromatic carbocycles. The highest BCUT2D eigenvalue weighted by atomic mass is 32.2. The number of carbonyl (C=O) groups excluding carboxylic acids is 1. The standard InChI is InChI=1S/C29H47N5O6S/c1-7-13-32(5)17-27-21(2)16-34(22(3)19-35)29(36)25-15-24(31-41(37,38)28-18-33(6)20-30-28)11-12-26(25)40-23(4)10-8-9-14-39-27/h11-12,15,18,20-23,27,31,35H,7-10,13-14,16-17,19H2,1-6H3/t21-,22+,23+,27+/m0/s1. The van der Waals surface area contributed by atoms with Gasteiger partial charge in [0.2, 0.25) is 0 Å². The SMILES string of the molecule is CCCN(C)C[C@H]1OCCCC[C@@H](C)Oc2ccc(NS(=O)(=O)c3cn(C)cn3)cc2C(=O)N([C@H](C)CO)C[C@@H]1C. The van der Waals surface area contributed by atoms with E-state index in [4.69, 9.17) is 9.47 Å². The van der Waals surface area contributed by atoms with E-state index >= 15 is 0 Å². The van der Waals surface area contributed by atoms with Crippen molar-refractivity contribution in [2.24, 2.45) is 13.0 Å². The number of likely N-dealkylation sites (N-methyl/N-ethyl adjacent to an activating group) is 1. The lowest BCUT2D eigenvalue weighted by atomic mass is 10.0. The number of sulfonamides is 1. The number of ether oxygens (including phenoxy) is 2. The molecule has 0 bridgehead atoms. The maximum atomic E-state index is 14.2. The molecular formula is C29H47N5O6S. The van der Waals surface area contributed by atoms with E-state index in [-0.39, 0.29) is 46.9 Å². The van der Waals surface area contributed by atoms with Gasteiger partial charge in [-0.3, -0.25) is 9.52 Å². The molecule has 3 rings (SSSR count). The van der Waals surface area contributed by atoms with Crippen molar-refractivity contribution < 1.29 is 27.8 Å². The van der Waals surface area contributed by atoms with E-state index in [0.717, 1.165) is 38.8 Å². The van der Waals surface area contributed by atoms with Crippen LogP contribution < -0.4 is 9.46 Å². The van der Waals surface area contributed by atoms with Crippen LogP contribution in [-0.4, -0.2) is 96.9 Å². The average Bonchev–Trinajstić information content (AvgIpc) is 3.37. The van der Waals surface area contributed by atoms with E-state index < -0.39 is 16.1 Å². The molecule has 0 saturated carbocycles. The number of benzene rings is 1. The maximum Gasteiger partial charge on any atom is 0.280 e. The average molecular weight is 594 g/mol. The number of anilines is 1. The molecule has 1 aromatic heterocycles. The first-order valence-electron chi connectivity index (χ1n) is 14.5. The third-order valence-corrected chi connectivity index (χ3v) is 8.62. The normalized spacial score (nSPS) is 22.1. The molecule has 1 aliphatic rings. The van der Waals surface area contributed by atoms with E-state index in [9.17, 15) is 18.3 Å². The van der Waals surface area contributed by atoms with Crippen LogP contribution in [0.2, 0.25) is 0 Å². The monoisotopic (exact) mass is 593 g/mol. The fourth-order valence-electron chi connectivity index (χ4n) is 4.96. The molecular weight excluding hydrogens is 546 g/mol.